The maximum absolute atomic E-state index is 15.7. The minimum absolute atomic E-state index is 0.00884. The van der Waals surface area contributed by atoms with Crippen molar-refractivity contribution in [2.45, 2.75) is 67.8 Å². The zero-order chi connectivity index (χ0) is 25.5. The summed E-state index contributed by atoms with van der Waals surface area (Å²) in [7, 11) is 0. The van der Waals surface area contributed by atoms with Crippen molar-refractivity contribution in [1.82, 2.24) is 9.62 Å². The van der Waals surface area contributed by atoms with Crippen molar-refractivity contribution in [2.75, 3.05) is 19.7 Å². The van der Waals surface area contributed by atoms with Crippen LogP contribution in [0.4, 0.5) is 8.78 Å². The van der Waals surface area contributed by atoms with E-state index in [0.717, 1.165) is 17.7 Å². The summed E-state index contributed by atoms with van der Waals surface area (Å²) >= 11 is 6.91. The first-order chi connectivity index (χ1) is 17.3. The van der Waals surface area contributed by atoms with E-state index in [9.17, 15) is 4.79 Å². The van der Waals surface area contributed by atoms with Crippen molar-refractivity contribution in [1.29, 1.82) is 0 Å². The third-order valence-electron chi connectivity index (χ3n) is 7.02. The molecule has 1 atom stereocenters. The highest BCUT2D eigenvalue weighted by molar-refractivity contribution is 7.97. The molecule has 1 amide bonds. The fourth-order valence-corrected chi connectivity index (χ4v) is 5.62. The van der Waals surface area contributed by atoms with Gasteiger partial charge < -0.3 is 15.4 Å². The van der Waals surface area contributed by atoms with Crippen LogP contribution in [0.15, 0.2) is 53.4 Å². The highest BCUT2D eigenvalue weighted by atomic mass is 35.5. The summed E-state index contributed by atoms with van der Waals surface area (Å²) in [6.45, 7) is 1.44. The van der Waals surface area contributed by atoms with E-state index in [4.69, 9.17) is 22.1 Å². The molecule has 1 aliphatic carbocycles. The van der Waals surface area contributed by atoms with E-state index in [2.05, 4.69) is 4.72 Å². The van der Waals surface area contributed by atoms with Crippen LogP contribution >= 0.6 is 23.5 Å². The predicted molar refractivity (Wildman–Crippen MR) is 140 cm³/mol. The number of ether oxygens (including phenoxy) is 1. The molecular weight excluding hydrogens is 504 g/mol. The lowest BCUT2D eigenvalue weighted by Crippen LogP contribution is -2.55. The molecule has 0 aromatic heterocycles. The quantitative estimate of drug-likeness (QED) is 0.384. The second-order valence-corrected chi connectivity index (χ2v) is 11.1. The van der Waals surface area contributed by atoms with Crippen LogP contribution in [-0.4, -0.2) is 42.6 Å². The number of piperidine rings is 1. The minimum atomic E-state index is -3.45. The molecule has 196 valence electrons. The summed E-state index contributed by atoms with van der Waals surface area (Å²) in [6.07, 6.45) is 7.44. The van der Waals surface area contributed by atoms with Gasteiger partial charge in [0.1, 0.15) is 5.75 Å². The second kappa shape index (κ2) is 12.6. The number of hydrogen-bond donors (Lipinski definition) is 2. The third-order valence-corrected chi connectivity index (χ3v) is 8.13. The number of amides is 1. The largest absolute Gasteiger partial charge is 0.493 e. The Bertz CT molecular complexity index is 980. The Morgan fingerprint density at radius 2 is 1.69 bits per heavy atom. The van der Waals surface area contributed by atoms with Crippen LogP contribution in [0.25, 0.3) is 0 Å². The topological polar surface area (TPSA) is 67.6 Å². The monoisotopic (exact) mass is 537 g/mol. The molecule has 3 N–H and O–H groups in total. The van der Waals surface area contributed by atoms with Crippen molar-refractivity contribution >= 4 is 29.5 Å². The number of halogens is 3. The Balaban J connectivity index is 1.43. The summed E-state index contributed by atoms with van der Waals surface area (Å²) in [6, 6.07) is 10.9. The van der Waals surface area contributed by atoms with E-state index in [1.807, 2.05) is 24.3 Å². The summed E-state index contributed by atoms with van der Waals surface area (Å²) < 4.78 is 40.0. The number of likely N-dealkylation sites (tertiary alicyclic amines) is 1. The molecule has 1 saturated carbocycles. The Morgan fingerprint density at radius 3 is 2.33 bits per heavy atom. The van der Waals surface area contributed by atoms with Crippen LogP contribution < -0.4 is 15.2 Å². The molecular formula is C27H34ClF2N3O2S. The van der Waals surface area contributed by atoms with Crippen molar-refractivity contribution in [3.8, 4) is 5.75 Å². The lowest BCUT2D eigenvalue weighted by molar-refractivity contribution is -0.145. The van der Waals surface area contributed by atoms with Crippen LogP contribution in [0.3, 0.4) is 0 Å². The average molecular weight is 538 g/mol. The lowest BCUT2D eigenvalue weighted by Gasteiger charge is -2.35. The number of hydrogen-bond acceptors (Lipinski definition) is 5. The maximum atomic E-state index is 15.7. The van der Waals surface area contributed by atoms with Crippen LogP contribution in [0.2, 0.25) is 5.02 Å². The smallest absolute Gasteiger partial charge is 0.298 e. The van der Waals surface area contributed by atoms with Gasteiger partial charge in [-0.25, -0.2) is 4.72 Å². The van der Waals surface area contributed by atoms with Gasteiger partial charge in [0.25, 0.3) is 5.92 Å². The molecule has 0 radical (unpaired) electrons. The van der Waals surface area contributed by atoms with Crippen LogP contribution in [0.1, 0.15) is 50.5 Å². The summed E-state index contributed by atoms with van der Waals surface area (Å²) in [5.74, 6) is -2.73. The Morgan fingerprint density at radius 1 is 1.06 bits per heavy atom. The zero-order valence-electron chi connectivity index (χ0n) is 20.3. The van der Waals surface area contributed by atoms with Gasteiger partial charge in [-0.2, -0.15) is 8.78 Å². The third kappa shape index (κ3) is 7.12. The van der Waals surface area contributed by atoms with Gasteiger partial charge in [-0.3, -0.25) is 4.79 Å². The molecule has 1 heterocycles. The highest BCUT2D eigenvalue weighted by Gasteiger charge is 2.48. The van der Waals surface area contributed by atoms with Crippen molar-refractivity contribution < 1.29 is 18.3 Å². The SMILES string of the molecule is NC1CCN(C(=O)C(NSc2ccc(OCC3CCCCC3)cc2)C(F)(F)c2ccc(Cl)cc2)CC1. The standard InChI is InChI=1S/C27H34ClF2N3O2S/c28-21-8-6-20(7-9-21)27(29,30)25(26(34)33-16-14-22(31)15-17-33)32-36-24-12-10-23(11-13-24)35-18-19-4-2-1-3-5-19/h6-13,19,22,25,32H,1-5,14-18,31H2. The van der Waals surface area contributed by atoms with Gasteiger partial charge >= 0.3 is 0 Å². The lowest BCUT2D eigenvalue weighted by atomic mass is 9.90. The number of rotatable bonds is 9. The summed E-state index contributed by atoms with van der Waals surface area (Å²) in [4.78, 5) is 15.5. The Kier molecular flexibility index (Phi) is 9.50. The van der Waals surface area contributed by atoms with E-state index in [-0.39, 0.29) is 11.6 Å². The van der Waals surface area contributed by atoms with Crippen LogP contribution in [0, 0.1) is 5.92 Å². The fourth-order valence-electron chi connectivity index (χ4n) is 4.72. The molecule has 2 fully saturated rings. The predicted octanol–water partition coefficient (Wildman–Crippen LogP) is 6.01. The Hall–Kier alpha value is -1.87. The van der Waals surface area contributed by atoms with E-state index in [1.54, 1.807) is 0 Å². The van der Waals surface area contributed by atoms with Gasteiger partial charge in [0.2, 0.25) is 5.91 Å². The van der Waals surface area contributed by atoms with Gasteiger partial charge in [0, 0.05) is 34.6 Å². The van der Waals surface area contributed by atoms with Crippen LogP contribution in [0.5, 0.6) is 5.75 Å². The number of nitrogens with one attached hydrogen (secondary N) is 1. The van der Waals surface area contributed by atoms with Gasteiger partial charge in [0.15, 0.2) is 6.04 Å². The normalized spacial score (nSPS) is 18.7. The van der Waals surface area contributed by atoms with Crippen molar-refractivity contribution in [3.05, 3.63) is 59.1 Å². The maximum Gasteiger partial charge on any atom is 0.298 e. The van der Waals surface area contributed by atoms with E-state index >= 15 is 8.78 Å². The molecule has 0 bridgehead atoms. The first-order valence-corrected chi connectivity index (χ1v) is 13.9. The zero-order valence-corrected chi connectivity index (χ0v) is 21.9. The van der Waals surface area contributed by atoms with Gasteiger partial charge in [-0.05, 0) is 79.9 Å². The molecule has 4 rings (SSSR count). The number of benzene rings is 2. The first kappa shape index (κ1) is 27.2. The number of carbonyl (C=O) groups is 1. The molecule has 1 saturated heterocycles. The van der Waals surface area contributed by atoms with Crippen LogP contribution in [-0.2, 0) is 10.7 Å². The van der Waals surface area contributed by atoms with Gasteiger partial charge in [-0.15, -0.1) is 0 Å². The molecule has 2 aromatic rings. The Labute approximate surface area is 221 Å². The van der Waals surface area contributed by atoms with Gasteiger partial charge in [0.05, 0.1) is 6.61 Å². The van der Waals surface area contributed by atoms with E-state index in [1.165, 1.54) is 61.3 Å². The molecule has 1 unspecified atom stereocenters. The summed E-state index contributed by atoms with van der Waals surface area (Å²) in [5.41, 5.74) is 5.68. The summed E-state index contributed by atoms with van der Waals surface area (Å²) in [5, 5.41) is 0.357. The van der Waals surface area contributed by atoms with E-state index < -0.39 is 17.9 Å². The molecule has 2 aromatic carbocycles. The number of nitrogens with two attached hydrogens (primary N) is 1. The number of nitrogens with zero attached hydrogens (tertiary/aromatic N) is 1. The second-order valence-electron chi connectivity index (χ2n) is 9.73. The van der Waals surface area contributed by atoms with Gasteiger partial charge in [-0.1, -0.05) is 43.0 Å². The molecule has 0 spiro atoms. The highest BCUT2D eigenvalue weighted by Crippen LogP contribution is 2.36. The molecule has 1 aliphatic heterocycles. The first-order valence-electron chi connectivity index (χ1n) is 12.7. The van der Waals surface area contributed by atoms with E-state index in [0.29, 0.717) is 48.4 Å². The number of alkyl halides is 2. The molecule has 9 heteroatoms. The van der Waals surface area contributed by atoms with Crippen molar-refractivity contribution in [2.24, 2.45) is 11.7 Å². The molecule has 36 heavy (non-hydrogen) atoms. The number of carbonyl (C=O) groups excluding carboxylic acids is 1. The average Bonchev–Trinajstić information content (AvgIpc) is 2.89. The molecule has 2 aliphatic rings. The molecule has 5 nitrogen and oxygen atoms in total. The fraction of sp³-hybridized carbons (Fsp3) is 0.519. The minimum Gasteiger partial charge on any atom is -0.493 e. The van der Waals surface area contributed by atoms with Crippen molar-refractivity contribution in [3.63, 3.8) is 0 Å².